The maximum atomic E-state index is 11.4. The zero-order valence-corrected chi connectivity index (χ0v) is 11.2. The highest BCUT2D eigenvalue weighted by Crippen LogP contribution is 2.21. The summed E-state index contributed by atoms with van der Waals surface area (Å²) in [4.78, 5) is 4.34. The molecule has 1 heterocycles. The SMILES string of the molecule is CCS(=O)CCn1ccnc1NC1CCCC1. The summed E-state index contributed by atoms with van der Waals surface area (Å²) in [6, 6.07) is 0.577. The number of hydrogen-bond acceptors (Lipinski definition) is 3. The van der Waals surface area contributed by atoms with Crippen molar-refractivity contribution in [1.82, 2.24) is 9.55 Å². The zero-order valence-electron chi connectivity index (χ0n) is 10.4. The number of imidazole rings is 1. The molecular formula is C12H21N3OS. The van der Waals surface area contributed by atoms with E-state index in [0.717, 1.165) is 18.2 Å². The van der Waals surface area contributed by atoms with E-state index in [4.69, 9.17) is 0 Å². The minimum Gasteiger partial charge on any atom is -0.353 e. The molecule has 0 bridgehead atoms. The van der Waals surface area contributed by atoms with Crippen molar-refractivity contribution in [2.24, 2.45) is 0 Å². The van der Waals surface area contributed by atoms with Crippen molar-refractivity contribution in [3.8, 4) is 0 Å². The molecule has 1 saturated carbocycles. The second-order valence-electron chi connectivity index (χ2n) is 4.50. The lowest BCUT2D eigenvalue weighted by Crippen LogP contribution is -2.19. The molecule has 1 aliphatic carbocycles. The van der Waals surface area contributed by atoms with Gasteiger partial charge in [-0.3, -0.25) is 4.21 Å². The van der Waals surface area contributed by atoms with Crippen LogP contribution >= 0.6 is 0 Å². The summed E-state index contributed by atoms with van der Waals surface area (Å²) in [7, 11) is -0.700. The van der Waals surface area contributed by atoms with Crippen LogP contribution in [0.2, 0.25) is 0 Å². The molecule has 1 aliphatic rings. The zero-order chi connectivity index (χ0) is 12.1. The van der Waals surface area contributed by atoms with E-state index >= 15 is 0 Å². The quantitative estimate of drug-likeness (QED) is 0.846. The molecule has 96 valence electrons. The second kappa shape index (κ2) is 6.19. The Kier molecular flexibility index (Phi) is 4.59. The molecule has 1 N–H and O–H groups in total. The van der Waals surface area contributed by atoms with Crippen molar-refractivity contribution in [3.63, 3.8) is 0 Å². The lowest BCUT2D eigenvalue weighted by atomic mass is 10.2. The van der Waals surface area contributed by atoms with Crippen LogP contribution in [-0.4, -0.2) is 31.3 Å². The van der Waals surface area contributed by atoms with E-state index in [-0.39, 0.29) is 0 Å². The number of hydrogen-bond donors (Lipinski definition) is 1. The number of anilines is 1. The Morgan fingerprint density at radius 2 is 2.29 bits per heavy atom. The summed E-state index contributed by atoms with van der Waals surface area (Å²) < 4.78 is 13.5. The predicted molar refractivity (Wildman–Crippen MR) is 71.7 cm³/mol. The van der Waals surface area contributed by atoms with Crippen molar-refractivity contribution in [2.45, 2.75) is 45.2 Å². The molecule has 1 unspecified atom stereocenters. The van der Waals surface area contributed by atoms with Crippen LogP contribution in [0.15, 0.2) is 12.4 Å². The molecule has 5 heteroatoms. The molecule has 1 atom stereocenters. The Bertz CT molecular complexity index is 372. The van der Waals surface area contributed by atoms with Crippen molar-refractivity contribution in [3.05, 3.63) is 12.4 Å². The van der Waals surface area contributed by atoms with Gasteiger partial charge in [-0.1, -0.05) is 19.8 Å². The first-order valence-corrected chi connectivity index (χ1v) is 7.91. The smallest absolute Gasteiger partial charge is 0.203 e. The highest BCUT2D eigenvalue weighted by Gasteiger charge is 2.16. The maximum absolute atomic E-state index is 11.4. The van der Waals surface area contributed by atoms with Crippen LogP contribution in [0.3, 0.4) is 0 Å². The molecule has 4 nitrogen and oxygen atoms in total. The van der Waals surface area contributed by atoms with Gasteiger partial charge in [0.25, 0.3) is 0 Å². The predicted octanol–water partition coefficient (Wildman–Crippen LogP) is 2.01. The van der Waals surface area contributed by atoms with Gasteiger partial charge in [-0.25, -0.2) is 4.98 Å². The van der Waals surface area contributed by atoms with Gasteiger partial charge in [0.05, 0.1) is 0 Å². The summed E-state index contributed by atoms with van der Waals surface area (Å²) in [5.74, 6) is 2.39. The molecule has 0 aromatic carbocycles. The van der Waals surface area contributed by atoms with Gasteiger partial charge in [0.15, 0.2) is 0 Å². The van der Waals surface area contributed by atoms with Crippen molar-refractivity contribution < 1.29 is 4.21 Å². The Balaban J connectivity index is 1.89. The van der Waals surface area contributed by atoms with E-state index in [0.29, 0.717) is 11.8 Å². The van der Waals surface area contributed by atoms with Gasteiger partial charge in [0.2, 0.25) is 5.95 Å². The van der Waals surface area contributed by atoms with Gasteiger partial charge in [-0.2, -0.15) is 0 Å². The van der Waals surface area contributed by atoms with Crippen LogP contribution in [0.1, 0.15) is 32.6 Å². The highest BCUT2D eigenvalue weighted by atomic mass is 32.2. The maximum Gasteiger partial charge on any atom is 0.203 e. The van der Waals surface area contributed by atoms with Crippen LogP contribution in [0.4, 0.5) is 5.95 Å². The first-order chi connectivity index (χ1) is 8.29. The Morgan fingerprint density at radius 1 is 1.53 bits per heavy atom. The monoisotopic (exact) mass is 255 g/mol. The normalized spacial score (nSPS) is 18.4. The first kappa shape index (κ1) is 12.6. The summed E-state index contributed by atoms with van der Waals surface area (Å²) in [5.41, 5.74) is 0. The van der Waals surface area contributed by atoms with Crippen LogP contribution in [0.25, 0.3) is 0 Å². The van der Waals surface area contributed by atoms with Crippen LogP contribution < -0.4 is 5.32 Å². The molecule has 2 rings (SSSR count). The summed E-state index contributed by atoms with van der Waals surface area (Å²) in [6.07, 6.45) is 8.90. The van der Waals surface area contributed by atoms with E-state index < -0.39 is 10.8 Å². The number of aromatic nitrogens is 2. The molecular weight excluding hydrogens is 234 g/mol. The van der Waals surface area contributed by atoms with Gasteiger partial charge in [-0.15, -0.1) is 0 Å². The van der Waals surface area contributed by atoms with Crippen LogP contribution in [0, 0.1) is 0 Å². The largest absolute Gasteiger partial charge is 0.353 e. The summed E-state index contributed by atoms with van der Waals surface area (Å²) >= 11 is 0. The van der Waals surface area contributed by atoms with Crippen molar-refractivity contribution in [2.75, 3.05) is 16.8 Å². The fraction of sp³-hybridized carbons (Fsp3) is 0.750. The molecule has 1 aromatic heterocycles. The van der Waals surface area contributed by atoms with E-state index in [2.05, 4.69) is 14.9 Å². The van der Waals surface area contributed by atoms with Crippen LogP contribution in [0.5, 0.6) is 0 Å². The third-order valence-electron chi connectivity index (χ3n) is 3.29. The van der Waals surface area contributed by atoms with E-state index in [9.17, 15) is 4.21 Å². The Hall–Kier alpha value is -0.840. The molecule has 0 spiro atoms. The van der Waals surface area contributed by atoms with Gasteiger partial charge < -0.3 is 9.88 Å². The Morgan fingerprint density at radius 3 is 3.00 bits per heavy atom. The minimum absolute atomic E-state index is 0.577. The van der Waals surface area contributed by atoms with E-state index in [1.54, 1.807) is 0 Å². The topological polar surface area (TPSA) is 46.9 Å². The summed E-state index contributed by atoms with van der Waals surface area (Å²) in [6.45, 7) is 2.75. The van der Waals surface area contributed by atoms with Gasteiger partial charge >= 0.3 is 0 Å². The molecule has 0 amide bonds. The second-order valence-corrected chi connectivity index (χ2v) is 6.37. The highest BCUT2D eigenvalue weighted by molar-refractivity contribution is 7.84. The fourth-order valence-electron chi connectivity index (χ4n) is 2.23. The molecule has 0 aliphatic heterocycles. The molecule has 0 radical (unpaired) electrons. The minimum atomic E-state index is -0.700. The van der Waals surface area contributed by atoms with Gasteiger partial charge in [0.1, 0.15) is 0 Å². The number of nitrogens with zero attached hydrogens (tertiary/aromatic N) is 2. The van der Waals surface area contributed by atoms with E-state index in [1.807, 2.05) is 19.3 Å². The summed E-state index contributed by atoms with van der Waals surface area (Å²) in [5, 5.41) is 3.48. The van der Waals surface area contributed by atoms with Gasteiger partial charge in [0, 0.05) is 47.3 Å². The third kappa shape index (κ3) is 3.56. The standard InChI is InChI=1S/C12H21N3OS/c1-2-17(16)10-9-15-8-7-13-12(15)14-11-5-3-4-6-11/h7-8,11H,2-6,9-10H2,1H3,(H,13,14). The third-order valence-corrected chi connectivity index (χ3v) is 4.57. The van der Waals surface area contributed by atoms with Crippen molar-refractivity contribution >= 4 is 16.7 Å². The lowest BCUT2D eigenvalue weighted by Gasteiger charge is -2.14. The fourth-order valence-corrected chi connectivity index (χ4v) is 2.92. The number of nitrogens with one attached hydrogen (secondary N) is 1. The number of aryl methyl sites for hydroxylation is 1. The van der Waals surface area contributed by atoms with Crippen LogP contribution in [-0.2, 0) is 17.3 Å². The average Bonchev–Trinajstić information content (AvgIpc) is 2.98. The lowest BCUT2D eigenvalue weighted by molar-refractivity contribution is 0.671. The van der Waals surface area contributed by atoms with Crippen molar-refractivity contribution in [1.29, 1.82) is 0 Å². The average molecular weight is 255 g/mol. The number of rotatable bonds is 6. The molecule has 0 saturated heterocycles. The molecule has 1 fully saturated rings. The Labute approximate surface area is 105 Å². The first-order valence-electron chi connectivity index (χ1n) is 6.42. The molecule has 1 aromatic rings. The molecule has 17 heavy (non-hydrogen) atoms. The van der Waals surface area contributed by atoms with E-state index in [1.165, 1.54) is 25.7 Å². The van der Waals surface area contributed by atoms with Gasteiger partial charge in [-0.05, 0) is 12.8 Å².